The molecule has 0 atom stereocenters. The Labute approximate surface area is 131 Å². The molecule has 0 heterocycles. The molecular weight excluding hydrogens is 256 g/mol. The van der Waals surface area contributed by atoms with Gasteiger partial charge in [-0.2, -0.15) is 0 Å². The van der Waals surface area contributed by atoms with Crippen molar-refractivity contribution in [2.75, 3.05) is 0 Å². The fourth-order valence-electron chi connectivity index (χ4n) is 1.34. The van der Waals surface area contributed by atoms with E-state index in [4.69, 9.17) is 4.74 Å². The summed E-state index contributed by atoms with van der Waals surface area (Å²) in [4.78, 5) is 0. The van der Waals surface area contributed by atoms with E-state index < -0.39 is 0 Å². The van der Waals surface area contributed by atoms with Crippen LogP contribution in [0.3, 0.4) is 0 Å². The zero-order valence-electron chi connectivity index (χ0n) is 14.4. The fraction of sp³-hybridized carbons (Fsp3) is 0.400. The van der Waals surface area contributed by atoms with Crippen LogP contribution in [0, 0.1) is 11.8 Å². The summed E-state index contributed by atoms with van der Waals surface area (Å²) in [7, 11) is 0. The van der Waals surface area contributed by atoms with Gasteiger partial charge in [-0.15, -0.1) is 0 Å². The Morgan fingerprint density at radius 1 is 0.762 bits per heavy atom. The van der Waals surface area contributed by atoms with E-state index in [1.54, 1.807) is 12.5 Å². The SMILES string of the molecule is C=C(C)C(C=CC(C)C)=COC=C(C=CC(C)C)C(=C)C. The van der Waals surface area contributed by atoms with Gasteiger partial charge in [0.25, 0.3) is 0 Å². The third-order valence-corrected chi connectivity index (χ3v) is 2.70. The van der Waals surface area contributed by atoms with Crippen molar-refractivity contribution in [2.45, 2.75) is 41.5 Å². The summed E-state index contributed by atoms with van der Waals surface area (Å²) < 4.78 is 5.60. The van der Waals surface area contributed by atoms with Gasteiger partial charge >= 0.3 is 0 Å². The molecule has 0 rings (SSSR count). The molecule has 1 nitrogen and oxygen atoms in total. The van der Waals surface area contributed by atoms with Crippen molar-refractivity contribution >= 4 is 0 Å². The lowest BCUT2D eigenvalue weighted by atomic mass is 10.1. The molecule has 0 bridgehead atoms. The van der Waals surface area contributed by atoms with Crippen LogP contribution in [0.5, 0.6) is 0 Å². The van der Waals surface area contributed by atoms with Crippen molar-refractivity contribution in [1.82, 2.24) is 0 Å². The molecule has 0 aromatic carbocycles. The maximum absolute atomic E-state index is 5.60. The number of hydrogen-bond acceptors (Lipinski definition) is 1. The van der Waals surface area contributed by atoms with Crippen LogP contribution in [0.2, 0.25) is 0 Å². The normalized spacial score (nSPS) is 13.7. The summed E-state index contributed by atoms with van der Waals surface area (Å²) in [6, 6.07) is 0. The first-order valence-electron chi connectivity index (χ1n) is 7.48. The highest BCUT2D eigenvalue weighted by atomic mass is 16.5. The van der Waals surface area contributed by atoms with Crippen molar-refractivity contribution < 1.29 is 4.74 Å². The smallest absolute Gasteiger partial charge is 0.0976 e. The average molecular weight is 286 g/mol. The van der Waals surface area contributed by atoms with Gasteiger partial charge in [-0.05, 0) is 36.8 Å². The van der Waals surface area contributed by atoms with Crippen molar-refractivity contribution in [1.29, 1.82) is 0 Å². The van der Waals surface area contributed by atoms with E-state index in [1.165, 1.54) is 0 Å². The predicted octanol–water partition coefficient (Wildman–Crippen LogP) is 6.35. The predicted molar refractivity (Wildman–Crippen MR) is 94.8 cm³/mol. The number of hydrogen-bond donors (Lipinski definition) is 0. The van der Waals surface area contributed by atoms with Crippen molar-refractivity contribution in [3.63, 3.8) is 0 Å². The van der Waals surface area contributed by atoms with Gasteiger partial charge in [-0.25, -0.2) is 0 Å². The number of ether oxygens (including phenoxy) is 1. The molecule has 0 amide bonds. The lowest BCUT2D eigenvalue weighted by molar-refractivity contribution is 0.397. The quantitative estimate of drug-likeness (QED) is 0.373. The van der Waals surface area contributed by atoms with Crippen molar-refractivity contribution in [2.24, 2.45) is 11.8 Å². The molecule has 0 aliphatic rings. The molecule has 0 saturated heterocycles. The van der Waals surface area contributed by atoms with Crippen LogP contribution in [0.1, 0.15) is 41.5 Å². The third kappa shape index (κ3) is 9.73. The van der Waals surface area contributed by atoms with Gasteiger partial charge in [-0.3, -0.25) is 0 Å². The van der Waals surface area contributed by atoms with E-state index in [0.717, 1.165) is 22.3 Å². The van der Waals surface area contributed by atoms with E-state index in [2.05, 4.69) is 53.0 Å². The molecular formula is C20H30O. The summed E-state index contributed by atoms with van der Waals surface area (Å²) in [6.45, 7) is 20.5. The second kappa shape index (κ2) is 10.0. The van der Waals surface area contributed by atoms with Crippen LogP contribution in [-0.2, 0) is 4.74 Å². The van der Waals surface area contributed by atoms with E-state index >= 15 is 0 Å². The molecule has 1 heteroatoms. The molecule has 0 radical (unpaired) electrons. The largest absolute Gasteiger partial charge is 0.471 e. The first kappa shape index (κ1) is 19.2. The molecule has 0 aliphatic heterocycles. The summed E-state index contributed by atoms with van der Waals surface area (Å²) in [5.74, 6) is 1.01. The topological polar surface area (TPSA) is 9.23 Å². The molecule has 21 heavy (non-hydrogen) atoms. The van der Waals surface area contributed by atoms with Crippen LogP contribution >= 0.6 is 0 Å². The molecule has 0 unspecified atom stereocenters. The summed E-state index contributed by atoms with van der Waals surface area (Å²) >= 11 is 0. The number of rotatable bonds is 8. The lowest BCUT2D eigenvalue weighted by Crippen LogP contribution is -1.87. The molecule has 0 spiro atoms. The average Bonchev–Trinajstić information content (AvgIpc) is 2.35. The maximum atomic E-state index is 5.60. The first-order valence-corrected chi connectivity index (χ1v) is 7.48. The van der Waals surface area contributed by atoms with Crippen molar-refractivity contribution in [3.8, 4) is 0 Å². The maximum Gasteiger partial charge on any atom is 0.0976 e. The van der Waals surface area contributed by atoms with Crippen LogP contribution in [0.25, 0.3) is 0 Å². The molecule has 0 N–H and O–H groups in total. The zero-order chi connectivity index (χ0) is 16.4. The van der Waals surface area contributed by atoms with Gasteiger partial charge in [0.05, 0.1) is 12.5 Å². The third-order valence-electron chi connectivity index (χ3n) is 2.70. The standard InChI is InChI=1S/C20H30O/c1-15(2)9-11-19(17(5)6)13-21-14-20(18(7)8)12-10-16(3)4/h9-16H,5,7H2,1-4,6,8H3. The van der Waals surface area contributed by atoms with E-state index in [9.17, 15) is 0 Å². The molecule has 0 aromatic heterocycles. The second-order valence-electron chi connectivity index (χ2n) is 6.05. The summed E-state index contributed by atoms with van der Waals surface area (Å²) in [5.41, 5.74) is 3.95. The molecule has 0 fully saturated rings. The molecule has 0 aromatic rings. The Morgan fingerprint density at radius 2 is 1.10 bits per heavy atom. The van der Waals surface area contributed by atoms with Gasteiger partial charge in [0.15, 0.2) is 0 Å². The minimum absolute atomic E-state index is 0.503. The molecule has 0 aliphatic carbocycles. The van der Waals surface area contributed by atoms with Crippen LogP contribution in [-0.4, -0.2) is 0 Å². The number of allylic oxidation sites excluding steroid dienone is 8. The van der Waals surface area contributed by atoms with Gasteiger partial charge in [0, 0.05) is 11.1 Å². The van der Waals surface area contributed by atoms with Crippen LogP contribution in [0.4, 0.5) is 0 Å². The molecule has 0 saturated carbocycles. The minimum Gasteiger partial charge on any atom is -0.471 e. The van der Waals surface area contributed by atoms with Crippen LogP contribution < -0.4 is 0 Å². The Bertz CT molecular complexity index is 424. The minimum atomic E-state index is 0.503. The Morgan fingerprint density at radius 3 is 1.33 bits per heavy atom. The van der Waals surface area contributed by atoms with Gasteiger partial charge < -0.3 is 4.74 Å². The summed E-state index contributed by atoms with van der Waals surface area (Å²) in [5, 5.41) is 0. The lowest BCUT2D eigenvalue weighted by Gasteiger charge is -2.04. The Balaban J connectivity index is 5.04. The van der Waals surface area contributed by atoms with Crippen molar-refractivity contribution in [3.05, 3.63) is 72.3 Å². The van der Waals surface area contributed by atoms with Gasteiger partial charge in [0.2, 0.25) is 0 Å². The van der Waals surface area contributed by atoms with Gasteiger partial charge in [0.1, 0.15) is 0 Å². The summed E-state index contributed by atoms with van der Waals surface area (Å²) in [6.07, 6.45) is 11.8. The Kier molecular flexibility index (Phi) is 9.20. The highest BCUT2D eigenvalue weighted by molar-refractivity contribution is 5.37. The zero-order valence-corrected chi connectivity index (χ0v) is 14.4. The second-order valence-corrected chi connectivity index (χ2v) is 6.05. The van der Waals surface area contributed by atoms with Gasteiger partial charge in [-0.1, -0.05) is 65.2 Å². The first-order chi connectivity index (χ1) is 9.73. The molecule has 116 valence electrons. The monoisotopic (exact) mass is 286 g/mol. The Hall–Kier alpha value is -1.76. The van der Waals surface area contributed by atoms with E-state index in [1.807, 2.05) is 26.0 Å². The van der Waals surface area contributed by atoms with E-state index in [0.29, 0.717) is 11.8 Å². The fourth-order valence-corrected chi connectivity index (χ4v) is 1.34. The van der Waals surface area contributed by atoms with E-state index in [-0.39, 0.29) is 0 Å². The van der Waals surface area contributed by atoms with Crippen LogP contribution in [0.15, 0.2) is 72.3 Å². The highest BCUT2D eigenvalue weighted by Crippen LogP contribution is 2.14. The highest BCUT2D eigenvalue weighted by Gasteiger charge is 1.97.